The van der Waals surface area contributed by atoms with Crippen LogP contribution in [0, 0.1) is 0 Å². The average Bonchev–Trinajstić information content (AvgIpc) is 0.913. The SMILES string of the molecule is CCC(=O)c1cc(P(C)(C)=O)ccc1NC1=NC(Nc2ccc(N3CCN(C(C)C)CC3)cc2OC)=NCC/C=C\C1.COc1cc(N2CCC(N3CCP(C)(=O)CC3)CC2)ccc1Nc1ncc(Cl)c(Nc2ccccc2S(=O)(=O)C(C)C)n1.COc1cc(P(C)(C)=O)ccc1Nc1ncc(Cl)c(Nc2ccc(P(C)(C)=O)cc2OC)n1. The summed E-state index contributed by atoms with van der Waals surface area (Å²) in [4.78, 5) is 50.0. The van der Waals surface area contributed by atoms with Gasteiger partial charge in [0.1, 0.15) is 60.3 Å². The van der Waals surface area contributed by atoms with E-state index >= 15 is 0 Å². The van der Waals surface area contributed by atoms with Gasteiger partial charge in [-0.1, -0.05) is 54.4 Å². The first-order chi connectivity index (χ1) is 56.0. The monoisotopic (exact) mass is 1750 g/mol. The number of para-hydroxylation sites is 1. The zero-order valence-corrected chi connectivity index (χ0v) is 76.1. The molecule has 0 radical (unpaired) electrons. The average molecular weight is 1750 g/mol. The maximum absolute atomic E-state index is 12.9. The summed E-state index contributed by atoms with van der Waals surface area (Å²) in [6.07, 6.45) is 12.6. The quantitative estimate of drug-likeness (QED) is 0.0176. The molecular weight excluding hydrogens is 1640 g/mol. The van der Waals surface area contributed by atoms with E-state index in [1.54, 1.807) is 135 Å². The van der Waals surface area contributed by atoms with Crippen LogP contribution in [0.1, 0.15) is 77.1 Å². The molecule has 6 N–H and O–H groups in total. The molecule has 0 amide bonds. The molecule has 3 fully saturated rings. The van der Waals surface area contributed by atoms with Crippen LogP contribution in [-0.4, -0.2) is 219 Å². The maximum Gasteiger partial charge on any atom is 0.229 e. The van der Waals surface area contributed by atoms with Crippen molar-refractivity contribution in [3.05, 3.63) is 155 Å². The van der Waals surface area contributed by atoms with Crippen molar-refractivity contribution >= 4 is 164 Å². The number of hydrogen-bond donors (Lipinski definition) is 6. The van der Waals surface area contributed by atoms with Crippen LogP contribution in [0.25, 0.3) is 0 Å². The van der Waals surface area contributed by atoms with Crippen molar-refractivity contribution in [2.45, 2.75) is 89.0 Å². The first kappa shape index (κ1) is 91.5. The number of aromatic nitrogens is 4. The Labute approximate surface area is 705 Å². The van der Waals surface area contributed by atoms with Gasteiger partial charge in [-0.05, 0) is 185 Å². The lowest BCUT2D eigenvalue weighted by Gasteiger charge is -2.42. The Morgan fingerprint density at radius 2 is 1.02 bits per heavy atom. The third kappa shape index (κ3) is 24.5. The number of hydrogen-bond acceptors (Lipinski definition) is 27. The third-order valence-electron chi connectivity index (χ3n) is 20.8. The summed E-state index contributed by atoms with van der Waals surface area (Å²) < 4.78 is 98.1. The number of carbonyl (C=O) groups is 1. The molecule has 27 nitrogen and oxygen atoms in total. The van der Waals surface area contributed by atoms with Crippen LogP contribution in [0.3, 0.4) is 0 Å². The van der Waals surface area contributed by atoms with Gasteiger partial charge < -0.3 is 78.9 Å². The number of ether oxygens (including phenoxy) is 4. The molecule has 118 heavy (non-hydrogen) atoms. The van der Waals surface area contributed by atoms with Crippen molar-refractivity contribution in [1.82, 2.24) is 29.7 Å². The van der Waals surface area contributed by atoms with Gasteiger partial charge in [-0.2, -0.15) is 15.0 Å². The Morgan fingerprint density at radius 3 is 1.51 bits per heavy atom. The van der Waals surface area contributed by atoms with Crippen molar-refractivity contribution in [1.29, 1.82) is 0 Å². The second-order valence-electron chi connectivity index (χ2n) is 31.1. The van der Waals surface area contributed by atoms with Gasteiger partial charge in [0.05, 0.1) is 92.2 Å². The molecular formula is C84H112Cl2N16O11P4S. The predicted octanol–water partition coefficient (Wildman–Crippen LogP) is 16.9. The second-order valence-corrected chi connectivity index (χ2v) is 47.5. The Kier molecular flexibility index (Phi) is 31.4. The molecule has 0 saturated carbocycles. The summed E-state index contributed by atoms with van der Waals surface area (Å²) >= 11 is 12.7. The molecule has 0 atom stereocenters. The summed E-state index contributed by atoms with van der Waals surface area (Å²) in [5.74, 6) is 4.69. The smallest absolute Gasteiger partial charge is 0.229 e. The van der Waals surface area contributed by atoms with Crippen LogP contribution in [0.15, 0.2) is 155 Å². The molecule has 2 aromatic heterocycles. The molecule has 0 spiro atoms. The minimum Gasteiger partial charge on any atom is -0.495 e. The van der Waals surface area contributed by atoms with Gasteiger partial charge in [0.25, 0.3) is 0 Å². The van der Waals surface area contributed by atoms with E-state index in [0.717, 1.165) is 107 Å². The number of nitrogens with one attached hydrogen (secondary N) is 6. The molecule has 6 aromatic carbocycles. The van der Waals surface area contributed by atoms with E-state index in [-0.39, 0.29) is 33.4 Å². The lowest BCUT2D eigenvalue weighted by Crippen LogP contribution is -2.48. The Balaban J connectivity index is 0.000000188. The number of Topliss-reactive ketones (excluding diaryl/α,β-unsaturated/α-hetero) is 1. The highest BCUT2D eigenvalue weighted by Gasteiger charge is 2.32. The van der Waals surface area contributed by atoms with Crippen molar-refractivity contribution in [2.24, 2.45) is 9.98 Å². The standard InChI is InChI=1S/C32H45N6O3P.C30H40ClN6O4PS.C22H27ClN4O4P2/c1-7-29(39)26-22-25(42(5,6)40)13-15-27(26)34-31-11-9-8-10-16-33-32(36-31)35-28-14-12-24(21-30(28)41-4)38-19-17-37(18-20-38)23(2)3;1-21(2)43(39,40)28-8-6-5-7-26(28)33-29-24(31)20-32-30(35-29)34-25-10-9-23(19-27(25)41-3)36-13-11-22(12-14-36)37-15-17-42(4,38)18-16-37;1-30-19-11-14(32(3,4)28)7-9-17(19)25-21-16(23)13-24-22(27-21)26-18-10-8-15(33(5,6)29)12-20(18)31-2/h8-9,12-15,21-23H,7,10-11,16-20H2,1-6H3,(H2,33,34,35,36);5-10,19-22H,11-18H2,1-4H3,(H2,32,33,34,35);7-13H,1-6H3,(H2,24,25,26,27)/b9-8-;;. The second kappa shape index (κ2) is 40.5. The van der Waals surface area contributed by atoms with Crippen LogP contribution in [-0.2, 0) is 28.1 Å². The minimum absolute atomic E-state index is 0.0190. The minimum atomic E-state index is -3.53. The van der Waals surface area contributed by atoms with E-state index in [0.29, 0.717) is 121 Å². The van der Waals surface area contributed by atoms with Gasteiger partial charge in [-0.3, -0.25) is 19.6 Å². The lowest BCUT2D eigenvalue weighted by atomic mass is 10.0. The number of carbonyl (C=O) groups excluding carboxylic acids is 1. The van der Waals surface area contributed by atoms with Crippen LogP contribution in [0.5, 0.6) is 23.0 Å². The van der Waals surface area contributed by atoms with Crippen LogP contribution >= 0.6 is 51.8 Å². The fourth-order valence-corrected chi connectivity index (χ4v) is 19.3. The van der Waals surface area contributed by atoms with Gasteiger partial charge in [-0.15, -0.1) is 0 Å². The number of anilines is 12. The summed E-state index contributed by atoms with van der Waals surface area (Å²) in [5, 5.41) is 21.4. The number of ketones is 1. The van der Waals surface area contributed by atoms with E-state index in [1.165, 1.54) is 26.6 Å². The number of methoxy groups -OCH3 is 4. The number of piperidine rings is 1. The number of guanidine groups is 1. The van der Waals surface area contributed by atoms with Gasteiger partial charge in [0.2, 0.25) is 17.9 Å². The highest BCUT2D eigenvalue weighted by molar-refractivity contribution is 7.92. The zero-order chi connectivity index (χ0) is 85.4. The lowest BCUT2D eigenvalue weighted by molar-refractivity contribution is 0.0989. The van der Waals surface area contributed by atoms with E-state index in [1.807, 2.05) is 43.9 Å². The molecule has 0 aliphatic carbocycles. The number of piperazine rings is 1. The van der Waals surface area contributed by atoms with E-state index < -0.39 is 43.7 Å². The Morgan fingerprint density at radius 1 is 0.559 bits per heavy atom. The molecule has 4 aliphatic heterocycles. The number of amidine groups is 1. The van der Waals surface area contributed by atoms with Gasteiger partial charge in [-0.25, -0.2) is 18.4 Å². The number of nitrogens with zero attached hydrogens (tertiary/aromatic N) is 10. The maximum atomic E-state index is 12.9. The topological polar surface area (TPSA) is 318 Å². The zero-order valence-electron chi connectivity index (χ0n) is 70.2. The normalized spacial score (nSPS) is 16.1. The highest BCUT2D eigenvalue weighted by Crippen LogP contribution is 2.46. The van der Waals surface area contributed by atoms with Crippen LogP contribution in [0.2, 0.25) is 10.0 Å². The molecule has 12 rings (SSSR count). The third-order valence-corrected chi connectivity index (χ3v) is 30.4. The molecule has 634 valence electrons. The summed E-state index contributed by atoms with van der Waals surface area (Å²) in [6.45, 7) is 30.2. The molecule has 4 aliphatic rings. The molecule has 0 unspecified atom stereocenters. The largest absolute Gasteiger partial charge is 0.495 e. The van der Waals surface area contributed by atoms with Crippen molar-refractivity contribution in [3.8, 4) is 23.0 Å². The van der Waals surface area contributed by atoms with Crippen LogP contribution < -0.4 is 76.6 Å². The summed E-state index contributed by atoms with van der Waals surface area (Å²) in [5.41, 5.74) is 6.47. The number of sulfone groups is 1. The van der Waals surface area contributed by atoms with Gasteiger partial charge >= 0.3 is 0 Å². The predicted molar refractivity (Wildman–Crippen MR) is 491 cm³/mol. The van der Waals surface area contributed by atoms with E-state index in [2.05, 4.69) is 116 Å². The number of benzene rings is 6. The van der Waals surface area contributed by atoms with E-state index in [4.69, 9.17) is 52.1 Å². The van der Waals surface area contributed by atoms with Crippen molar-refractivity contribution in [2.75, 3.05) is 188 Å². The van der Waals surface area contributed by atoms with E-state index in [9.17, 15) is 31.5 Å². The first-order valence-electron chi connectivity index (χ1n) is 39.3. The number of aliphatic imine (C=N–C) groups is 2. The van der Waals surface area contributed by atoms with Crippen molar-refractivity contribution in [3.63, 3.8) is 0 Å². The molecule has 3 saturated heterocycles. The van der Waals surface area contributed by atoms with Crippen LogP contribution in [0.4, 0.5) is 69.0 Å². The van der Waals surface area contributed by atoms with Crippen molar-refractivity contribution < 1.29 is 50.4 Å². The Bertz CT molecular complexity index is 5310. The number of halogens is 2. The highest BCUT2D eigenvalue weighted by atomic mass is 35.5. The molecule has 34 heteroatoms. The summed E-state index contributed by atoms with van der Waals surface area (Å²) in [6, 6.07) is 36.0. The number of rotatable bonds is 25. The fraction of sp³-hybridized carbons (Fsp3) is 0.417. The molecule has 0 bridgehead atoms. The van der Waals surface area contributed by atoms with Gasteiger partial charge in [0, 0.05) is 141 Å². The fourth-order valence-electron chi connectivity index (χ4n) is 13.6. The molecule has 8 aromatic rings. The van der Waals surface area contributed by atoms with Gasteiger partial charge in [0.15, 0.2) is 27.3 Å². The summed E-state index contributed by atoms with van der Waals surface area (Å²) in [7, 11) is -6.47. The molecule has 6 heterocycles. The first-order valence-corrected chi connectivity index (χ1v) is 52.0. The Hall–Kier alpha value is -8.80.